The van der Waals surface area contributed by atoms with Crippen molar-refractivity contribution in [1.82, 2.24) is 14.3 Å². The van der Waals surface area contributed by atoms with Gasteiger partial charge in [-0.3, -0.25) is 9.48 Å². The Balaban J connectivity index is 2.19. The van der Waals surface area contributed by atoms with Gasteiger partial charge in [0.25, 0.3) is 0 Å². The smallest absolute Gasteiger partial charge is 0.181 e. The molecule has 0 N–H and O–H groups in total. The highest BCUT2D eigenvalue weighted by molar-refractivity contribution is 5.02. The summed E-state index contributed by atoms with van der Waals surface area (Å²) in [6, 6.07) is 5.05. The lowest BCUT2D eigenvalue weighted by Crippen LogP contribution is -2.05. The summed E-state index contributed by atoms with van der Waals surface area (Å²) in [6.07, 6.45) is 5.42. The topological polar surface area (TPSA) is 39.8 Å². The molecule has 0 bridgehead atoms. The van der Waals surface area contributed by atoms with Crippen molar-refractivity contribution in [2.45, 2.75) is 6.54 Å². The van der Waals surface area contributed by atoms with Gasteiger partial charge in [0.15, 0.2) is 5.43 Å². The Morgan fingerprint density at radius 1 is 1.21 bits per heavy atom. The quantitative estimate of drug-likeness (QED) is 0.695. The maximum atomic E-state index is 10.8. The van der Waals surface area contributed by atoms with E-state index in [1.807, 2.05) is 23.9 Å². The molecule has 0 spiro atoms. The molecule has 2 rings (SSSR count). The van der Waals surface area contributed by atoms with Crippen molar-refractivity contribution in [2.75, 3.05) is 0 Å². The van der Waals surface area contributed by atoms with Crippen molar-refractivity contribution in [2.24, 2.45) is 7.05 Å². The van der Waals surface area contributed by atoms with Crippen LogP contribution in [0, 0.1) is 0 Å². The van der Waals surface area contributed by atoms with Crippen molar-refractivity contribution in [3.63, 3.8) is 0 Å². The minimum absolute atomic E-state index is 0.0299. The van der Waals surface area contributed by atoms with Crippen LogP contribution >= 0.6 is 0 Å². The molecule has 72 valence electrons. The lowest BCUT2D eigenvalue weighted by atomic mass is 10.4. The number of pyridine rings is 1. The molecule has 2 aromatic heterocycles. The number of hydrogen-bond acceptors (Lipinski definition) is 2. The average molecular weight is 189 g/mol. The maximum absolute atomic E-state index is 10.8. The number of rotatable bonds is 2. The van der Waals surface area contributed by atoms with Crippen LogP contribution in [0.4, 0.5) is 0 Å². The van der Waals surface area contributed by atoms with Crippen LogP contribution in [0.1, 0.15) is 5.69 Å². The molecule has 0 fully saturated rings. The molecular weight excluding hydrogens is 178 g/mol. The second kappa shape index (κ2) is 3.49. The Hall–Kier alpha value is -1.84. The molecule has 0 radical (unpaired) electrons. The molecule has 0 saturated heterocycles. The van der Waals surface area contributed by atoms with E-state index in [1.54, 1.807) is 29.2 Å². The average Bonchev–Trinajstić information content (AvgIpc) is 2.56. The van der Waals surface area contributed by atoms with Crippen LogP contribution < -0.4 is 5.43 Å². The van der Waals surface area contributed by atoms with Gasteiger partial charge in [0.1, 0.15) is 0 Å². The first-order valence-electron chi connectivity index (χ1n) is 4.39. The highest BCUT2D eigenvalue weighted by Crippen LogP contribution is 1.97. The zero-order valence-corrected chi connectivity index (χ0v) is 7.92. The van der Waals surface area contributed by atoms with E-state index in [2.05, 4.69) is 5.10 Å². The standard InChI is InChI=1S/C10H11N3O/c1-12-5-2-9(11-12)8-13-6-3-10(14)4-7-13/h2-7H,8H2,1H3. The molecule has 4 heteroatoms. The van der Waals surface area contributed by atoms with Crippen LogP contribution in [-0.2, 0) is 13.6 Å². The molecule has 0 aromatic carbocycles. The fourth-order valence-electron chi connectivity index (χ4n) is 1.28. The van der Waals surface area contributed by atoms with Gasteiger partial charge in [0, 0.05) is 37.8 Å². The Morgan fingerprint density at radius 3 is 2.50 bits per heavy atom. The van der Waals surface area contributed by atoms with Gasteiger partial charge in [-0.05, 0) is 6.07 Å². The molecule has 0 amide bonds. The summed E-state index contributed by atoms with van der Waals surface area (Å²) in [5.41, 5.74) is 1.01. The summed E-state index contributed by atoms with van der Waals surface area (Å²) >= 11 is 0. The van der Waals surface area contributed by atoms with E-state index in [9.17, 15) is 4.79 Å². The third-order valence-electron chi connectivity index (χ3n) is 1.97. The van der Waals surface area contributed by atoms with Gasteiger partial charge in [0.2, 0.25) is 0 Å². The number of aromatic nitrogens is 3. The normalized spacial score (nSPS) is 10.4. The lowest BCUT2D eigenvalue weighted by molar-refractivity contribution is 0.703. The second-order valence-electron chi connectivity index (χ2n) is 3.19. The molecule has 0 atom stereocenters. The number of hydrogen-bond donors (Lipinski definition) is 0. The van der Waals surface area contributed by atoms with Crippen LogP contribution in [0.25, 0.3) is 0 Å². The summed E-state index contributed by atoms with van der Waals surface area (Å²) in [4.78, 5) is 10.8. The molecule has 0 unspecified atom stereocenters. The van der Waals surface area contributed by atoms with Crippen molar-refractivity contribution < 1.29 is 0 Å². The van der Waals surface area contributed by atoms with Crippen LogP contribution in [0.2, 0.25) is 0 Å². The van der Waals surface area contributed by atoms with Crippen LogP contribution in [0.15, 0.2) is 41.6 Å². The van der Waals surface area contributed by atoms with Crippen molar-refractivity contribution in [1.29, 1.82) is 0 Å². The van der Waals surface area contributed by atoms with E-state index < -0.39 is 0 Å². The van der Waals surface area contributed by atoms with Gasteiger partial charge in [-0.2, -0.15) is 5.10 Å². The number of nitrogens with zero attached hydrogens (tertiary/aromatic N) is 3. The van der Waals surface area contributed by atoms with Crippen LogP contribution in [-0.4, -0.2) is 14.3 Å². The first-order valence-corrected chi connectivity index (χ1v) is 4.39. The number of aryl methyl sites for hydroxylation is 1. The van der Waals surface area contributed by atoms with E-state index in [0.717, 1.165) is 5.69 Å². The Bertz CT molecular complexity index is 464. The molecular formula is C10H11N3O. The summed E-state index contributed by atoms with van der Waals surface area (Å²) in [5.74, 6) is 0. The fraction of sp³-hybridized carbons (Fsp3) is 0.200. The van der Waals surface area contributed by atoms with Gasteiger partial charge >= 0.3 is 0 Å². The molecule has 0 aliphatic carbocycles. The zero-order chi connectivity index (χ0) is 9.97. The molecule has 0 aliphatic heterocycles. The summed E-state index contributed by atoms with van der Waals surface area (Å²) < 4.78 is 3.68. The first-order chi connectivity index (χ1) is 6.74. The lowest BCUT2D eigenvalue weighted by Gasteiger charge is -2.01. The monoisotopic (exact) mass is 189 g/mol. The molecule has 0 aliphatic rings. The Kier molecular flexibility index (Phi) is 2.18. The summed E-state index contributed by atoms with van der Waals surface area (Å²) in [5, 5.41) is 4.25. The van der Waals surface area contributed by atoms with Crippen molar-refractivity contribution in [3.05, 3.63) is 52.7 Å². The summed E-state index contributed by atoms with van der Waals surface area (Å²) in [7, 11) is 1.88. The minimum Gasteiger partial charge on any atom is -0.348 e. The van der Waals surface area contributed by atoms with Gasteiger partial charge in [-0.15, -0.1) is 0 Å². The van der Waals surface area contributed by atoms with E-state index in [-0.39, 0.29) is 5.43 Å². The van der Waals surface area contributed by atoms with Crippen LogP contribution in [0.3, 0.4) is 0 Å². The summed E-state index contributed by atoms with van der Waals surface area (Å²) in [6.45, 7) is 0.696. The van der Waals surface area contributed by atoms with E-state index >= 15 is 0 Å². The van der Waals surface area contributed by atoms with E-state index in [4.69, 9.17) is 0 Å². The van der Waals surface area contributed by atoms with Gasteiger partial charge < -0.3 is 4.57 Å². The first kappa shape index (κ1) is 8.74. The molecule has 14 heavy (non-hydrogen) atoms. The molecule has 2 aromatic rings. The highest BCUT2D eigenvalue weighted by Gasteiger charge is 1.96. The predicted octanol–water partition coefficient (Wildman–Crippen LogP) is 0.630. The Labute approximate surface area is 81.4 Å². The molecule has 2 heterocycles. The Morgan fingerprint density at radius 2 is 1.93 bits per heavy atom. The second-order valence-corrected chi connectivity index (χ2v) is 3.19. The third kappa shape index (κ3) is 1.90. The SMILES string of the molecule is Cn1ccc(Cn2ccc(=O)cc2)n1. The molecule has 4 nitrogen and oxygen atoms in total. The van der Waals surface area contributed by atoms with Gasteiger partial charge in [-0.25, -0.2) is 0 Å². The van der Waals surface area contributed by atoms with Crippen molar-refractivity contribution in [3.8, 4) is 0 Å². The van der Waals surface area contributed by atoms with Crippen molar-refractivity contribution >= 4 is 0 Å². The van der Waals surface area contributed by atoms with E-state index in [1.165, 1.54) is 0 Å². The maximum Gasteiger partial charge on any atom is 0.181 e. The fourth-order valence-corrected chi connectivity index (χ4v) is 1.28. The van der Waals surface area contributed by atoms with Gasteiger partial charge in [0.05, 0.1) is 12.2 Å². The molecule has 0 saturated carbocycles. The largest absolute Gasteiger partial charge is 0.348 e. The van der Waals surface area contributed by atoms with Crippen LogP contribution in [0.5, 0.6) is 0 Å². The zero-order valence-electron chi connectivity index (χ0n) is 7.92. The van der Waals surface area contributed by atoms with E-state index in [0.29, 0.717) is 6.54 Å². The van der Waals surface area contributed by atoms with Gasteiger partial charge in [-0.1, -0.05) is 0 Å². The third-order valence-corrected chi connectivity index (χ3v) is 1.97. The predicted molar refractivity (Wildman–Crippen MR) is 53.0 cm³/mol. The minimum atomic E-state index is 0.0299. The highest BCUT2D eigenvalue weighted by atomic mass is 16.1.